The fourth-order valence-electron chi connectivity index (χ4n) is 5.62. The minimum absolute atomic E-state index is 0.0105. The van der Waals surface area contributed by atoms with Crippen molar-refractivity contribution in [3.05, 3.63) is 27.9 Å². The van der Waals surface area contributed by atoms with Gasteiger partial charge in [-0.1, -0.05) is 0 Å². The number of ether oxygens (including phenoxy) is 3. The highest BCUT2D eigenvalue weighted by Gasteiger charge is 2.54. The molecule has 3 aliphatic rings. The number of hydrogen-bond acceptors (Lipinski definition) is 17. The first kappa shape index (κ1) is 29.8. The number of fused-ring (bicyclic) bond motifs is 5. The van der Waals surface area contributed by atoms with E-state index in [2.05, 4.69) is 29.3 Å². The number of hydrogen-bond donors (Lipinski definition) is 5. The molecule has 0 radical (unpaired) electrons. The predicted molar refractivity (Wildman–Crippen MR) is 149 cm³/mol. The maximum absolute atomic E-state index is 13.7. The third-order valence-corrected chi connectivity index (χ3v) is 11.4. The molecule has 2 bridgehead atoms. The molecule has 0 saturated carbocycles. The van der Waals surface area contributed by atoms with Crippen LogP contribution in [0.4, 0.5) is 11.8 Å². The molecule has 0 amide bonds. The van der Waals surface area contributed by atoms with Crippen LogP contribution in [-0.2, 0) is 36.9 Å². The Hall–Kier alpha value is -2.94. The van der Waals surface area contributed by atoms with E-state index in [-0.39, 0.29) is 29.4 Å². The van der Waals surface area contributed by atoms with Crippen LogP contribution in [0.3, 0.4) is 0 Å². The second-order valence-electron chi connectivity index (χ2n) is 10.2. The van der Waals surface area contributed by atoms with Gasteiger partial charge >= 0.3 is 15.4 Å². The molecule has 7 rings (SSSR count). The highest BCUT2D eigenvalue weighted by atomic mass is 32.1. The lowest BCUT2D eigenvalue weighted by Gasteiger charge is -2.28. The topological polar surface area (TPSA) is 284 Å². The summed E-state index contributed by atoms with van der Waals surface area (Å²) < 4.78 is 66.8. The first-order valence-corrected chi connectivity index (χ1v) is 16.9. The predicted octanol–water partition coefficient (Wildman–Crippen LogP) is 0.213. The van der Waals surface area contributed by atoms with E-state index in [1.165, 1.54) is 24.3 Å². The number of anilines is 2. The Kier molecular flexibility index (Phi) is 7.34. The summed E-state index contributed by atoms with van der Waals surface area (Å²) in [6.07, 6.45) is -4.37. The lowest BCUT2D eigenvalue weighted by Crippen LogP contribution is -2.38. The molecule has 3 saturated heterocycles. The number of imidazole rings is 1. The summed E-state index contributed by atoms with van der Waals surface area (Å²) in [7, 11) is -8.14. The van der Waals surface area contributed by atoms with E-state index < -0.39 is 76.6 Å². The van der Waals surface area contributed by atoms with Crippen molar-refractivity contribution in [1.29, 1.82) is 0 Å². The molecule has 3 fully saturated rings. The average molecular weight is 673 g/mol. The van der Waals surface area contributed by atoms with Gasteiger partial charge in [-0.25, -0.2) is 19.5 Å². The summed E-state index contributed by atoms with van der Waals surface area (Å²) in [5.41, 5.74) is 10.5. The van der Waals surface area contributed by atoms with Crippen molar-refractivity contribution in [2.45, 2.75) is 48.8 Å². The Bertz CT molecular complexity index is 1900. The van der Waals surface area contributed by atoms with Gasteiger partial charge in [0.05, 0.1) is 42.3 Å². The first-order valence-electron chi connectivity index (χ1n) is 13.0. The van der Waals surface area contributed by atoms with Crippen molar-refractivity contribution < 1.29 is 46.7 Å². The molecule has 7 heterocycles. The Morgan fingerprint density at radius 2 is 1.89 bits per heavy atom. The van der Waals surface area contributed by atoms with Gasteiger partial charge in [-0.2, -0.15) is 9.36 Å². The Morgan fingerprint density at radius 3 is 2.68 bits per heavy atom. The van der Waals surface area contributed by atoms with Crippen LogP contribution in [-0.4, -0.2) is 94.0 Å². The SMILES string of the molecule is CO[C@H]1[C@H]2OP(=O)(O)OC[C@H]3O[C@@H](c4snc5c(N)ncnc45)C[C@@H]3P(=O)(O)OC[C@H]1O[C@H]2n1cnc2c(=O)[nH]c(N)nc21. The van der Waals surface area contributed by atoms with Crippen LogP contribution in [0.1, 0.15) is 23.6 Å². The molecule has 3 aliphatic heterocycles. The molecule has 0 aliphatic carbocycles. The second kappa shape index (κ2) is 10.8. The van der Waals surface area contributed by atoms with Gasteiger partial charge in [0.25, 0.3) is 5.56 Å². The van der Waals surface area contributed by atoms with E-state index in [0.29, 0.717) is 15.9 Å². The summed E-state index contributed by atoms with van der Waals surface area (Å²) >= 11 is 1.04. The van der Waals surface area contributed by atoms with Crippen LogP contribution in [0.15, 0.2) is 17.4 Å². The third kappa shape index (κ3) is 5.03. The van der Waals surface area contributed by atoms with Crippen LogP contribution in [0, 0.1) is 0 Å². The van der Waals surface area contributed by atoms with Gasteiger partial charge < -0.3 is 40.0 Å². The van der Waals surface area contributed by atoms with E-state index in [4.69, 9.17) is 39.2 Å². The molecular formula is C21H25N9O11P2S. The Balaban J connectivity index is 1.21. The zero-order valence-corrected chi connectivity index (χ0v) is 25.1. The highest BCUT2D eigenvalue weighted by Crippen LogP contribution is 2.59. The summed E-state index contributed by atoms with van der Waals surface area (Å²) in [4.78, 5) is 53.5. The van der Waals surface area contributed by atoms with Crippen molar-refractivity contribution in [2.75, 3.05) is 31.8 Å². The van der Waals surface area contributed by atoms with Crippen molar-refractivity contribution >= 4 is 60.9 Å². The number of nitrogens with zero attached hydrogens (tertiary/aromatic N) is 6. The van der Waals surface area contributed by atoms with Crippen molar-refractivity contribution in [3.8, 4) is 0 Å². The average Bonchev–Trinajstić information content (AvgIpc) is 3.74. The minimum Gasteiger partial charge on any atom is -0.382 e. The highest BCUT2D eigenvalue weighted by molar-refractivity contribution is 7.53. The zero-order valence-electron chi connectivity index (χ0n) is 22.5. The van der Waals surface area contributed by atoms with Gasteiger partial charge in [-0.15, -0.1) is 0 Å². The van der Waals surface area contributed by atoms with Gasteiger partial charge in [0.2, 0.25) is 5.95 Å². The van der Waals surface area contributed by atoms with Crippen LogP contribution in [0.25, 0.3) is 22.2 Å². The van der Waals surface area contributed by atoms with Gasteiger partial charge in [0.1, 0.15) is 35.7 Å². The number of aromatic amines is 1. The molecule has 44 heavy (non-hydrogen) atoms. The fraction of sp³-hybridized carbons (Fsp3) is 0.524. The van der Waals surface area contributed by atoms with E-state index in [0.717, 1.165) is 11.5 Å². The number of nitrogen functional groups attached to an aromatic ring is 2. The summed E-state index contributed by atoms with van der Waals surface area (Å²) in [6, 6.07) is 0. The van der Waals surface area contributed by atoms with Gasteiger partial charge in [0, 0.05) is 7.11 Å². The van der Waals surface area contributed by atoms with Crippen molar-refractivity contribution in [1.82, 2.24) is 33.9 Å². The Labute approximate surface area is 249 Å². The molecule has 4 aromatic heterocycles. The van der Waals surface area contributed by atoms with Crippen molar-refractivity contribution in [3.63, 3.8) is 0 Å². The molecule has 20 nitrogen and oxygen atoms in total. The molecule has 7 N–H and O–H groups in total. The number of H-pyrrole nitrogens is 1. The summed E-state index contributed by atoms with van der Waals surface area (Å²) in [5.74, 6) is -0.0473. The smallest absolute Gasteiger partial charge is 0.382 e. The number of nitrogens with two attached hydrogens (primary N) is 2. The largest absolute Gasteiger partial charge is 0.472 e. The van der Waals surface area contributed by atoms with Gasteiger partial charge in [-0.05, 0) is 18.0 Å². The molecule has 2 unspecified atom stereocenters. The summed E-state index contributed by atoms with van der Waals surface area (Å²) in [5, 5.41) is 0. The fourth-order valence-corrected chi connectivity index (χ4v) is 9.01. The van der Waals surface area contributed by atoms with E-state index in [1.807, 2.05) is 0 Å². The van der Waals surface area contributed by atoms with Crippen LogP contribution >= 0.6 is 27.0 Å². The number of rotatable bonds is 3. The maximum atomic E-state index is 13.7. The van der Waals surface area contributed by atoms with Crippen molar-refractivity contribution in [2.24, 2.45) is 0 Å². The quantitative estimate of drug-likeness (QED) is 0.182. The van der Waals surface area contributed by atoms with E-state index in [1.54, 1.807) is 0 Å². The number of phosphoric acid groups is 1. The minimum atomic E-state index is -4.92. The lowest BCUT2D eigenvalue weighted by molar-refractivity contribution is -0.0505. The van der Waals surface area contributed by atoms with Crippen LogP contribution < -0.4 is 17.0 Å². The zero-order chi connectivity index (χ0) is 31.0. The van der Waals surface area contributed by atoms with E-state index in [9.17, 15) is 23.7 Å². The number of methoxy groups -OCH3 is 1. The summed E-state index contributed by atoms with van der Waals surface area (Å²) in [6.45, 7) is -1.10. The number of phosphoric ester groups is 1. The molecule has 4 aromatic rings. The molecule has 0 spiro atoms. The van der Waals surface area contributed by atoms with Crippen LogP contribution in [0.5, 0.6) is 0 Å². The second-order valence-corrected chi connectivity index (χ2v) is 14.5. The molecule has 236 valence electrons. The van der Waals surface area contributed by atoms with Crippen LogP contribution in [0.2, 0.25) is 0 Å². The normalized spacial score (nSPS) is 36.3. The lowest BCUT2D eigenvalue weighted by atomic mass is 10.1. The standard InChI is InChI=1S/C21H25N9O11P2S/c1-36-14-9-4-37-42(32,33)10-2-7(16-11-12(29-44-16)17(22)25-5-24-11)39-8(10)3-38-43(34,35)41-15(14)20(40-9)30-6-26-13-18(30)27-21(23)28-19(13)31/h5-10,14-15,20H,2-4H2,1H3,(H,32,33)(H,34,35)(H2,22,24,25)(H3,23,27,28,31)/t7-,8-,9-,10+,14-,15-,20-/m1/s1. The Morgan fingerprint density at radius 1 is 1.09 bits per heavy atom. The van der Waals surface area contributed by atoms with E-state index >= 15 is 0 Å². The van der Waals surface area contributed by atoms with Gasteiger partial charge in [0.15, 0.2) is 23.2 Å². The monoisotopic (exact) mass is 673 g/mol. The third-order valence-electron chi connectivity index (χ3n) is 7.62. The molecule has 23 heteroatoms. The van der Waals surface area contributed by atoms with Gasteiger partial charge in [-0.3, -0.25) is 28.0 Å². The maximum Gasteiger partial charge on any atom is 0.472 e. The number of nitrogens with one attached hydrogen (secondary N) is 1. The number of aromatic nitrogens is 7. The molecular weight excluding hydrogens is 648 g/mol. The molecule has 0 aromatic carbocycles. The first-order chi connectivity index (χ1) is 21.0. The molecule has 9 atom stereocenters.